The largest absolute Gasteiger partial charge is 0.345 e. The Bertz CT molecular complexity index is 1430. The summed E-state index contributed by atoms with van der Waals surface area (Å²) >= 11 is 3.53. The monoisotopic (exact) mass is 568 g/mol. The number of carbonyl (C=O) groups is 1. The number of carbonyl (C=O) groups excluding carboxylic acids is 1. The maximum Gasteiger partial charge on any atom is 0.209 e. The third-order valence-electron chi connectivity index (χ3n) is 6.59. The number of amides is 1. The van der Waals surface area contributed by atoms with E-state index in [1.165, 1.54) is 5.56 Å². The van der Waals surface area contributed by atoms with Gasteiger partial charge in [-0.3, -0.25) is 9.89 Å². The first-order chi connectivity index (χ1) is 19.9. The second-order valence-corrected chi connectivity index (χ2v) is 10.7. The van der Waals surface area contributed by atoms with Crippen LogP contribution in [-0.4, -0.2) is 50.8 Å². The van der Waals surface area contributed by atoms with E-state index in [2.05, 4.69) is 80.7 Å². The van der Waals surface area contributed by atoms with Crippen LogP contribution in [0.15, 0.2) is 60.8 Å². The van der Waals surface area contributed by atoms with Crippen molar-refractivity contribution in [1.82, 2.24) is 25.1 Å². The summed E-state index contributed by atoms with van der Waals surface area (Å²) in [7, 11) is 0. The second-order valence-electron chi connectivity index (χ2n) is 10.7. The number of aryl methyl sites for hydroxylation is 1. The highest BCUT2D eigenvalue weighted by Gasteiger charge is 2.27. The number of likely N-dealkylation sites (tertiary alicyclic amines) is 1. The molecule has 214 valence electrons. The molecule has 0 spiro atoms. The van der Waals surface area contributed by atoms with Gasteiger partial charge in [-0.2, -0.15) is 23.0 Å². The highest BCUT2D eigenvalue weighted by molar-refractivity contribution is 7.79. The number of aromatic nitrogens is 4. The fourth-order valence-corrected chi connectivity index (χ4v) is 4.68. The quantitative estimate of drug-likeness (QED) is 0.196. The number of benzene rings is 2. The zero-order chi connectivity index (χ0) is 29.8. The van der Waals surface area contributed by atoms with E-state index >= 15 is 0 Å². The number of rotatable bonds is 6. The lowest BCUT2D eigenvalue weighted by atomic mass is 9.89. The number of hydrogen-bond acceptors (Lipinski definition) is 6. The maximum atomic E-state index is 11.2. The Labute approximate surface area is 249 Å². The summed E-state index contributed by atoms with van der Waals surface area (Å²) in [6.45, 7) is 10.0. The Morgan fingerprint density at radius 3 is 2.41 bits per heavy atom. The van der Waals surface area contributed by atoms with E-state index in [0.29, 0.717) is 17.8 Å². The van der Waals surface area contributed by atoms with Crippen LogP contribution < -0.4 is 0 Å². The van der Waals surface area contributed by atoms with Gasteiger partial charge in [-0.25, -0.2) is 9.97 Å². The normalized spacial score (nSPS) is 13.0. The molecular weight excluding hydrogens is 528 g/mol. The van der Waals surface area contributed by atoms with Crippen LogP contribution in [0, 0.1) is 24.2 Å². The summed E-state index contributed by atoms with van der Waals surface area (Å²) < 4.78 is 0. The number of thiol groups is 1. The predicted octanol–water partition coefficient (Wildman–Crippen LogP) is 6.85. The summed E-state index contributed by atoms with van der Waals surface area (Å²) in [6.07, 6.45) is 6.70. The molecule has 1 aliphatic rings. The Morgan fingerprint density at radius 1 is 1.10 bits per heavy atom. The van der Waals surface area contributed by atoms with Crippen molar-refractivity contribution in [3.63, 3.8) is 0 Å². The minimum Gasteiger partial charge on any atom is -0.345 e. The van der Waals surface area contributed by atoms with Crippen LogP contribution >= 0.6 is 12.6 Å². The van der Waals surface area contributed by atoms with Crippen molar-refractivity contribution in [3.8, 4) is 28.6 Å². The van der Waals surface area contributed by atoms with Gasteiger partial charge in [-0.05, 0) is 55.7 Å². The molecule has 41 heavy (non-hydrogen) atoms. The fourth-order valence-electron chi connectivity index (χ4n) is 4.68. The van der Waals surface area contributed by atoms with Crippen LogP contribution in [-0.2, 0) is 11.2 Å². The molecule has 0 saturated carbocycles. The third kappa shape index (κ3) is 8.76. The first-order valence-electron chi connectivity index (χ1n) is 14.0. The molecule has 2 aromatic carbocycles. The molecule has 5 rings (SSSR count). The highest BCUT2D eigenvalue weighted by Crippen LogP contribution is 2.39. The smallest absolute Gasteiger partial charge is 0.209 e. The second kappa shape index (κ2) is 15.7. The SMILES string of the molecule is CC(C)C.CS.Cc1ccc(-c2n[nH]c(C3CCN(C=O)CC3)c2-c2ccnc(Cc3cccc(C#N)c3)n2)cc1. The van der Waals surface area contributed by atoms with Crippen LogP contribution in [0.1, 0.15) is 67.7 Å². The number of H-pyrrole nitrogens is 1. The van der Waals surface area contributed by atoms with Crippen LogP contribution in [0.5, 0.6) is 0 Å². The van der Waals surface area contributed by atoms with E-state index in [-0.39, 0.29) is 5.92 Å². The van der Waals surface area contributed by atoms with Crippen molar-refractivity contribution in [3.05, 3.63) is 89.0 Å². The van der Waals surface area contributed by atoms with E-state index < -0.39 is 0 Å². The van der Waals surface area contributed by atoms with Crippen molar-refractivity contribution in [2.45, 2.75) is 52.9 Å². The zero-order valence-electron chi connectivity index (χ0n) is 24.6. The molecule has 0 radical (unpaired) electrons. The van der Waals surface area contributed by atoms with Gasteiger partial charge in [0, 0.05) is 48.4 Å². The number of piperidine rings is 1. The minimum atomic E-state index is 0.263. The minimum absolute atomic E-state index is 0.263. The lowest BCUT2D eigenvalue weighted by Gasteiger charge is -2.29. The number of aromatic amines is 1. The van der Waals surface area contributed by atoms with E-state index in [1.54, 1.807) is 18.5 Å². The molecule has 0 unspecified atom stereocenters. The first-order valence-corrected chi connectivity index (χ1v) is 14.9. The standard InChI is InChI=1S/C28H26N6O.C4H10.CH4S/c1-19-5-7-22(8-6-19)27-26(28(33-32-27)23-10-13-34(18-35)14-11-23)24-9-12-30-25(31-24)16-20-3-2-4-21(15-20)17-29;1-4(2)3;1-2/h2-9,12,15,18,23H,10-11,13-14,16H2,1H3,(H,32,33);4H,1-3H3;2H,1H3. The maximum absolute atomic E-state index is 11.2. The molecule has 2 aromatic heterocycles. The summed E-state index contributed by atoms with van der Waals surface area (Å²) in [5.74, 6) is 1.79. The van der Waals surface area contributed by atoms with E-state index in [1.807, 2.05) is 29.2 Å². The van der Waals surface area contributed by atoms with Crippen molar-refractivity contribution in [2.24, 2.45) is 5.92 Å². The van der Waals surface area contributed by atoms with Gasteiger partial charge in [0.15, 0.2) is 0 Å². The summed E-state index contributed by atoms with van der Waals surface area (Å²) in [6, 6.07) is 20.0. The third-order valence-corrected chi connectivity index (χ3v) is 6.59. The van der Waals surface area contributed by atoms with Crippen molar-refractivity contribution in [2.75, 3.05) is 19.3 Å². The van der Waals surface area contributed by atoms with Crippen molar-refractivity contribution in [1.29, 1.82) is 5.26 Å². The molecule has 1 N–H and O–H groups in total. The molecular formula is C33H40N6OS. The van der Waals surface area contributed by atoms with Gasteiger partial charge >= 0.3 is 0 Å². The molecule has 0 bridgehead atoms. The molecule has 4 aromatic rings. The predicted molar refractivity (Wildman–Crippen MR) is 169 cm³/mol. The van der Waals surface area contributed by atoms with Crippen molar-refractivity contribution < 1.29 is 4.79 Å². The highest BCUT2D eigenvalue weighted by atomic mass is 32.1. The molecule has 1 amide bonds. The van der Waals surface area contributed by atoms with Gasteiger partial charge in [0.05, 0.1) is 17.3 Å². The van der Waals surface area contributed by atoms with Gasteiger partial charge < -0.3 is 4.90 Å². The summed E-state index contributed by atoms with van der Waals surface area (Å²) in [4.78, 5) is 22.5. The topological polar surface area (TPSA) is 98.6 Å². The van der Waals surface area contributed by atoms with Crippen LogP contribution in [0.3, 0.4) is 0 Å². The molecule has 1 fully saturated rings. The molecule has 1 saturated heterocycles. The van der Waals surface area contributed by atoms with Gasteiger partial charge in [0.1, 0.15) is 11.5 Å². The van der Waals surface area contributed by atoms with Gasteiger partial charge in [0.2, 0.25) is 6.41 Å². The van der Waals surface area contributed by atoms with E-state index in [0.717, 1.165) is 72.0 Å². The number of nitriles is 1. The fraction of sp³-hybridized carbons (Fsp3) is 0.364. The molecule has 0 atom stereocenters. The Morgan fingerprint density at radius 2 is 1.78 bits per heavy atom. The summed E-state index contributed by atoms with van der Waals surface area (Å²) in [5.41, 5.74) is 7.58. The Hall–Kier alpha value is -3.96. The lowest BCUT2D eigenvalue weighted by molar-refractivity contribution is -0.119. The molecule has 7 nitrogen and oxygen atoms in total. The van der Waals surface area contributed by atoms with Gasteiger partial charge in [-0.1, -0.05) is 62.7 Å². The van der Waals surface area contributed by atoms with Gasteiger partial charge in [-0.15, -0.1) is 0 Å². The molecule has 8 heteroatoms. The average molecular weight is 569 g/mol. The van der Waals surface area contributed by atoms with Crippen molar-refractivity contribution >= 4 is 19.0 Å². The zero-order valence-corrected chi connectivity index (χ0v) is 25.5. The van der Waals surface area contributed by atoms with Gasteiger partial charge in [0.25, 0.3) is 0 Å². The molecule has 3 heterocycles. The molecule has 1 aliphatic heterocycles. The van der Waals surface area contributed by atoms with E-state index in [4.69, 9.17) is 10.1 Å². The van der Waals surface area contributed by atoms with E-state index in [9.17, 15) is 10.1 Å². The first kappa shape index (κ1) is 31.6. The Balaban J connectivity index is 0.000000710. The number of nitrogens with one attached hydrogen (secondary N) is 1. The van der Waals surface area contributed by atoms with Crippen LogP contribution in [0.25, 0.3) is 22.5 Å². The van der Waals surface area contributed by atoms with Crippen LogP contribution in [0.2, 0.25) is 0 Å². The number of nitrogens with zero attached hydrogens (tertiary/aromatic N) is 5. The molecule has 0 aliphatic carbocycles. The average Bonchev–Trinajstić information content (AvgIpc) is 3.44. The summed E-state index contributed by atoms with van der Waals surface area (Å²) in [5, 5.41) is 17.3. The Kier molecular flexibility index (Phi) is 12.1. The lowest BCUT2D eigenvalue weighted by Crippen LogP contribution is -2.31. The van der Waals surface area contributed by atoms with Crippen LogP contribution in [0.4, 0.5) is 0 Å². The number of hydrogen-bond donors (Lipinski definition) is 2.